The van der Waals surface area contributed by atoms with Crippen LogP contribution in [-0.2, 0) is 21.1 Å². The van der Waals surface area contributed by atoms with Crippen molar-refractivity contribution in [1.29, 1.82) is 0 Å². The molecule has 0 atom stereocenters. The van der Waals surface area contributed by atoms with Crippen molar-refractivity contribution in [3.63, 3.8) is 0 Å². The summed E-state index contributed by atoms with van der Waals surface area (Å²) in [6, 6.07) is 6.54. The van der Waals surface area contributed by atoms with Crippen LogP contribution in [0.5, 0.6) is 0 Å². The highest BCUT2D eigenvalue weighted by molar-refractivity contribution is 6.03. The molecule has 0 aliphatic heterocycles. The number of carbonyl (C=O) groups excluding carboxylic acids is 2. The average Bonchev–Trinajstić information content (AvgIpc) is 3.42. The van der Waals surface area contributed by atoms with Gasteiger partial charge in [0, 0.05) is 16.8 Å². The fraction of sp³-hybridized carbons (Fsp3) is 0.348. The van der Waals surface area contributed by atoms with Crippen molar-refractivity contribution >= 4 is 17.6 Å². The normalized spacial score (nSPS) is 14.6. The third-order valence-corrected chi connectivity index (χ3v) is 5.64. The molecule has 184 valence electrons. The summed E-state index contributed by atoms with van der Waals surface area (Å²) >= 11 is 0. The molecule has 0 radical (unpaired) electrons. The second kappa shape index (κ2) is 9.08. The molecule has 35 heavy (non-hydrogen) atoms. The van der Waals surface area contributed by atoms with Gasteiger partial charge < -0.3 is 10.1 Å². The number of aromatic nitrogens is 4. The largest absolute Gasteiger partial charge is 0.462 e. The molecule has 1 aliphatic carbocycles. The molecule has 3 aromatic rings. The monoisotopic (exact) mass is 491 g/mol. The summed E-state index contributed by atoms with van der Waals surface area (Å²) in [6.07, 6.45) is -4.14. The Bertz CT molecular complexity index is 1250. The summed E-state index contributed by atoms with van der Waals surface area (Å²) in [4.78, 5) is 25.7. The quantitative estimate of drug-likeness (QED) is 0.372. The van der Waals surface area contributed by atoms with Crippen LogP contribution < -0.4 is 5.32 Å². The number of nitrogens with zero attached hydrogens (tertiary/aromatic N) is 3. The lowest BCUT2D eigenvalue weighted by atomic mass is 9.93. The predicted octanol–water partition coefficient (Wildman–Crippen LogP) is 4.51. The van der Waals surface area contributed by atoms with Crippen LogP contribution >= 0.6 is 0 Å². The standard InChI is InChI=1S/C23H21F4N5O3/c1-12(2)11-35-20(33)15-5-4-14(10-16(15)19-29-31-32-30-19)28-21(34)22(7-8-22)17-6-3-13(9-18(17)24)23(25,26)27/h3-6,9-10,12H,7-8,11H2,1-2H3,(H,28,34)(H,29,30,31,32). The predicted molar refractivity (Wildman–Crippen MR) is 116 cm³/mol. The molecule has 1 aromatic heterocycles. The minimum absolute atomic E-state index is 0.100. The number of carbonyl (C=O) groups is 2. The zero-order chi connectivity index (χ0) is 25.4. The van der Waals surface area contributed by atoms with Gasteiger partial charge in [-0.25, -0.2) is 14.3 Å². The second-order valence-electron chi connectivity index (χ2n) is 8.73. The summed E-state index contributed by atoms with van der Waals surface area (Å²) in [6.45, 7) is 3.98. The highest BCUT2D eigenvalue weighted by Gasteiger charge is 2.53. The van der Waals surface area contributed by atoms with E-state index in [9.17, 15) is 27.2 Å². The number of tetrazole rings is 1. The SMILES string of the molecule is CC(C)COC(=O)c1ccc(NC(=O)C2(c3ccc(C(F)(F)F)cc3F)CC2)cc1-c1nnn[nH]1. The minimum atomic E-state index is -4.69. The third kappa shape index (κ3) is 5.00. The molecule has 8 nitrogen and oxygen atoms in total. The molecule has 1 saturated carbocycles. The van der Waals surface area contributed by atoms with E-state index in [1.807, 2.05) is 13.8 Å². The van der Waals surface area contributed by atoms with Gasteiger partial charge in [0.1, 0.15) is 5.82 Å². The highest BCUT2D eigenvalue weighted by Crippen LogP contribution is 2.50. The fourth-order valence-corrected chi connectivity index (χ4v) is 3.66. The Labute approximate surface area is 197 Å². The number of benzene rings is 2. The lowest BCUT2D eigenvalue weighted by molar-refractivity contribution is -0.137. The number of esters is 1. The van der Waals surface area contributed by atoms with Crippen molar-refractivity contribution in [1.82, 2.24) is 20.6 Å². The molecule has 1 amide bonds. The van der Waals surface area contributed by atoms with E-state index in [-0.39, 0.29) is 53.6 Å². The Hall–Kier alpha value is -3.83. The van der Waals surface area contributed by atoms with Crippen LogP contribution in [0, 0.1) is 11.7 Å². The topological polar surface area (TPSA) is 110 Å². The van der Waals surface area contributed by atoms with Gasteiger partial charge in [-0.3, -0.25) is 4.79 Å². The van der Waals surface area contributed by atoms with Gasteiger partial charge in [0.15, 0.2) is 5.82 Å². The van der Waals surface area contributed by atoms with E-state index in [1.54, 1.807) is 0 Å². The number of aromatic amines is 1. The van der Waals surface area contributed by atoms with E-state index in [0.29, 0.717) is 6.07 Å². The summed E-state index contributed by atoms with van der Waals surface area (Å²) in [5.74, 6) is -1.99. The van der Waals surface area contributed by atoms with Gasteiger partial charge in [-0.1, -0.05) is 19.9 Å². The first-order chi connectivity index (χ1) is 16.5. The van der Waals surface area contributed by atoms with E-state index in [0.717, 1.165) is 12.1 Å². The van der Waals surface area contributed by atoms with Crippen LogP contribution in [0.15, 0.2) is 36.4 Å². The van der Waals surface area contributed by atoms with Crippen molar-refractivity contribution < 1.29 is 31.9 Å². The van der Waals surface area contributed by atoms with E-state index in [1.165, 1.54) is 18.2 Å². The number of hydrogen-bond donors (Lipinski definition) is 2. The molecule has 1 aliphatic rings. The van der Waals surface area contributed by atoms with Crippen molar-refractivity contribution in [3.05, 3.63) is 58.9 Å². The Morgan fingerprint density at radius 1 is 1.17 bits per heavy atom. The minimum Gasteiger partial charge on any atom is -0.462 e. The number of ether oxygens (including phenoxy) is 1. The molecule has 1 heterocycles. The van der Waals surface area contributed by atoms with Crippen molar-refractivity contribution in [2.75, 3.05) is 11.9 Å². The average molecular weight is 491 g/mol. The number of H-pyrrole nitrogens is 1. The van der Waals surface area contributed by atoms with Gasteiger partial charge in [-0.05, 0) is 59.5 Å². The van der Waals surface area contributed by atoms with Crippen LogP contribution in [0.2, 0.25) is 0 Å². The number of alkyl halides is 3. The summed E-state index contributed by atoms with van der Waals surface area (Å²) in [5, 5.41) is 16.0. The maximum Gasteiger partial charge on any atom is 0.416 e. The van der Waals surface area contributed by atoms with Crippen molar-refractivity contribution in [3.8, 4) is 11.4 Å². The van der Waals surface area contributed by atoms with E-state index < -0.39 is 34.8 Å². The van der Waals surface area contributed by atoms with Gasteiger partial charge in [0.25, 0.3) is 0 Å². The third-order valence-electron chi connectivity index (χ3n) is 5.64. The molecule has 2 aromatic carbocycles. The maximum absolute atomic E-state index is 14.6. The number of hydrogen-bond acceptors (Lipinski definition) is 6. The Morgan fingerprint density at radius 2 is 1.91 bits per heavy atom. The molecule has 0 spiro atoms. The lowest BCUT2D eigenvalue weighted by Crippen LogP contribution is -2.29. The van der Waals surface area contributed by atoms with Crippen molar-refractivity contribution in [2.45, 2.75) is 38.3 Å². The van der Waals surface area contributed by atoms with Crippen LogP contribution in [0.1, 0.15) is 48.2 Å². The number of anilines is 1. The first-order valence-electron chi connectivity index (χ1n) is 10.8. The highest BCUT2D eigenvalue weighted by atomic mass is 19.4. The van der Waals surface area contributed by atoms with Crippen LogP contribution in [0.4, 0.5) is 23.2 Å². The zero-order valence-corrected chi connectivity index (χ0v) is 18.7. The Morgan fingerprint density at radius 3 is 2.49 bits per heavy atom. The number of amides is 1. The molecule has 4 rings (SSSR count). The van der Waals surface area contributed by atoms with Crippen LogP contribution in [0.3, 0.4) is 0 Å². The fourth-order valence-electron chi connectivity index (χ4n) is 3.66. The van der Waals surface area contributed by atoms with E-state index >= 15 is 0 Å². The number of rotatable bonds is 7. The summed E-state index contributed by atoms with van der Waals surface area (Å²) < 4.78 is 58.5. The van der Waals surface area contributed by atoms with Gasteiger partial charge in [-0.15, -0.1) is 5.10 Å². The smallest absolute Gasteiger partial charge is 0.416 e. The second-order valence-corrected chi connectivity index (χ2v) is 8.73. The van der Waals surface area contributed by atoms with Gasteiger partial charge in [-0.2, -0.15) is 13.2 Å². The first-order valence-corrected chi connectivity index (χ1v) is 10.8. The summed E-state index contributed by atoms with van der Waals surface area (Å²) in [5.41, 5.74) is -1.81. The zero-order valence-electron chi connectivity index (χ0n) is 18.7. The van der Waals surface area contributed by atoms with Crippen LogP contribution in [0.25, 0.3) is 11.4 Å². The molecule has 2 N–H and O–H groups in total. The van der Waals surface area contributed by atoms with Crippen molar-refractivity contribution in [2.24, 2.45) is 5.92 Å². The lowest BCUT2D eigenvalue weighted by Gasteiger charge is -2.18. The molecule has 1 fully saturated rings. The Balaban J connectivity index is 1.60. The maximum atomic E-state index is 14.6. The van der Waals surface area contributed by atoms with Gasteiger partial charge in [0.05, 0.1) is 23.1 Å². The first kappa shape index (κ1) is 24.3. The van der Waals surface area contributed by atoms with E-state index in [2.05, 4.69) is 25.9 Å². The molecule has 0 unspecified atom stereocenters. The summed E-state index contributed by atoms with van der Waals surface area (Å²) in [7, 11) is 0. The van der Waals surface area contributed by atoms with E-state index in [4.69, 9.17) is 4.74 Å². The molecule has 12 heteroatoms. The molecule has 0 saturated heterocycles. The van der Waals surface area contributed by atoms with Crippen LogP contribution in [-0.4, -0.2) is 39.1 Å². The molecular weight excluding hydrogens is 470 g/mol. The number of halogens is 4. The van der Waals surface area contributed by atoms with Gasteiger partial charge in [0.2, 0.25) is 5.91 Å². The van der Waals surface area contributed by atoms with Gasteiger partial charge >= 0.3 is 12.1 Å². The Kier molecular flexibility index (Phi) is 6.30. The molecule has 0 bridgehead atoms. The number of nitrogens with one attached hydrogen (secondary N) is 2. The molecular formula is C23H21F4N5O3.